The molecule has 18 heavy (non-hydrogen) atoms. The molecule has 0 heterocycles. The van der Waals surface area contributed by atoms with E-state index < -0.39 is 0 Å². The lowest BCUT2D eigenvalue weighted by atomic mass is 10.0. The Morgan fingerprint density at radius 3 is 2.78 bits per heavy atom. The molecule has 1 unspecified atom stereocenters. The molecule has 0 saturated carbocycles. The Morgan fingerprint density at radius 2 is 2.11 bits per heavy atom. The fraction of sp³-hybridized carbons (Fsp3) is 0.500. The fourth-order valence-corrected chi connectivity index (χ4v) is 1.71. The van der Waals surface area contributed by atoms with Gasteiger partial charge in [0.05, 0.1) is 12.2 Å². The molecule has 1 aromatic carbocycles. The predicted octanol–water partition coefficient (Wildman–Crippen LogP) is 1.64. The number of hydrogen-bond donors (Lipinski definition) is 1. The highest BCUT2D eigenvalue weighted by Crippen LogP contribution is 2.12. The SMILES string of the molecule is CNCCc1ccccc1C(=O)OC(C)COC. The average Bonchev–Trinajstić information content (AvgIpc) is 2.36. The molecule has 0 aliphatic heterocycles. The third kappa shape index (κ3) is 4.47. The summed E-state index contributed by atoms with van der Waals surface area (Å²) < 4.78 is 10.3. The van der Waals surface area contributed by atoms with Gasteiger partial charge in [0.2, 0.25) is 0 Å². The standard InChI is InChI=1S/C14H21NO3/c1-11(10-17-3)18-14(16)13-7-5-4-6-12(13)8-9-15-2/h4-7,11,15H,8-10H2,1-3H3. The van der Waals surface area contributed by atoms with Crippen LogP contribution >= 0.6 is 0 Å². The van der Waals surface area contributed by atoms with E-state index in [0.29, 0.717) is 12.2 Å². The maximum atomic E-state index is 12.0. The van der Waals surface area contributed by atoms with Gasteiger partial charge in [-0.3, -0.25) is 0 Å². The van der Waals surface area contributed by atoms with Crippen molar-refractivity contribution in [3.63, 3.8) is 0 Å². The van der Waals surface area contributed by atoms with Gasteiger partial charge in [-0.15, -0.1) is 0 Å². The summed E-state index contributed by atoms with van der Waals surface area (Å²) in [6, 6.07) is 7.53. The van der Waals surface area contributed by atoms with E-state index in [9.17, 15) is 4.79 Å². The normalized spacial score (nSPS) is 12.2. The summed E-state index contributed by atoms with van der Waals surface area (Å²) in [7, 11) is 3.48. The van der Waals surface area contributed by atoms with Gasteiger partial charge in [0.15, 0.2) is 0 Å². The summed E-state index contributed by atoms with van der Waals surface area (Å²) >= 11 is 0. The Labute approximate surface area is 108 Å². The molecule has 0 fully saturated rings. The Kier molecular flexibility index (Phi) is 6.39. The summed E-state index contributed by atoms with van der Waals surface area (Å²) in [5, 5.41) is 3.07. The van der Waals surface area contributed by atoms with Gasteiger partial charge < -0.3 is 14.8 Å². The Hall–Kier alpha value is -1.39. The average molecular weight is 251 g/mol. The molecule has 1 N–H and O–H groups in total. The van der Waals surface area contributed by atoms with E-state index in [4.69, 9.17) is 9.47 Å². The molecule has 1 atom stereocenters. The molecule has 4 heteroatoms. The summed E-state index contributed by atoms with van der Waals surface area (Å²) in [5.41, 5.74) is 1.64. The number of carbonyl (C=O) groups excluding carboxylic acids is 1. The van der Waals surface area contributed by atoms with E-state index in [0.717, 1.165) is 18.5 Å². The van der Waals surface area contributed by atoms with E-state index in [1.807, 2.05) is 32.2 Å². The molecule has 100 valence electrons. The van der Waals surface area contributed by atoms with Gasteiger partial charge in [0.25, 0.3) is 0 Å². The van der Waals surface area contributed by atoms with Crippen molar-refractivity contribution in [2.45, 2.75) is 19.4 Å². The van der Waals surface area contributed by atoms with Crippen molar-refractivity contribution in [3.8, 4) is 0 Å². The number of benzene rings is 1. The first kappa shape index (κ1) is 14.7. The van der Waals surface area contributed by atoms with Crippen molar-refractivity contribution in [3.05, 3.63) is 35.4 Å². The molecular formula is C14H21NO3. The number of esters is 1. The van der Waals surface area contributed by atoms with Crippen LogP contribution in [0.25, 0.3) is 0 Å². The molecule has 0 bridgehead atoms. The van der Waals surface area contributed by atoms with E-state index in [2.05, 4.69) is 5.32 Å². The maximum Gasteiger partial charge on any atom is 0.338 e. The van der Waals surface area contributed by atoms with Crippen molar-refractivity contribution in [1.29, 1.82) is 0 Å². The third-order valence-corrected chi connectivity index (χ3v) is 2.59. The van der Waals surface area contributed by atoms with Crippen molar-refractivity contribution >= 4 is 5.97 Å². The maximum absolute atomic E-state index is 12.0. The van der Waals surface area contributed by atoms with Crippen LogP contribution in [-0.2, 0) is 15.9 Å². The van der Waals surface area contributed by atoms with Gasteiger partial charge in [-0.25, -0.2) is 4.79 Å². The number of nitrogens with one attached hydrogen (secondary N) is 1. The van der Waals surface area contributed by atoms with Crippen LogP contribution in [0.1, 0.15) is 22.8 Å². The van der Waals surface area contributed by atoms with E-state index in [-0.39, 0.29) is 12.1 Å². The van der Waals surface area contributed by atoms with Crippen molar-refractivity contribution in [2.24, 2.45) is 0 Å². The van der Waals surface area contributed by atoms with Gasteiger partial charge in [0, 0.05) is 7.11 Å². The molecule has 0 spiro atoms. The van der Waals surface area contributed by atoms with Gasteiger partial charge in [-0.1, -0.05) is 18.2 Å². The zero-order valence-corrected chi connectivity index (χ0v) is 11.2. The van der Waals surface area contributed by atoms with Gasteiger partial charge in [-0.2, -0.15) is 0 Å². The number of methoxy groups -OCH3 is 1. The second-order valence-electron chi connectivity index (χ2n) is 4.18. The molecule has 0 aromatic heterocycles. The van der Waals surface area contributed by atoms with Crippen LogP contribution < -0.4 is 5.32 Å². The lowest BCUT2D eigenvalue weighted by molar-refractivity contribution is 0.0119. The highest BCUT2D eigenvalue weighted by atomic mass is 16.6. The first-order valence-corrected chi connectivity index (χ1v) is 6.11. The number of hydrogen-bond acceptors (Lipinski definition) is 4. The number of carbonyl (C=O) groups is 1. The van der Waals surface area contributed by atoms with Crippen LogP contribution in [-0.4, -0.2) is 39.4 Å². The molecule has 4 nitrogen and oxygen atoms in total. The van der Waals surface area contributed by atoms with Crippen LogP contribution in [0.2, 0.25) is 0 Å². The van der Waals surface area contributed by atoms with Crippen LogP contribution in [0.3, 0.4) is 0 Å². The monoisotopic (exact) mass is 251 g/mol. The number of rotatable bonds is 7. The molecule has 0 aliphatic rings. The topological polar surface area (TPSA) is 47.6 Å². The minimum Gasteiger partial charge on any atom is -0.457 e. The quantitative estimate of drug-likeness (QED) is 0.748. The van der Waals surface area contributed by atoms with Crippen LogP contribution in [0.15, 0.2) is 24.3 Å². The van der Waals surface area contributed by atoms with Crippen molar-refractivity contribution < 1.29 is 14.3 Å². The fourth-order valence-electron chi connectivity index (χ4n) is 1.71. The highest BCUT2D eigenvalue weighted by molar-refractivity contribution is 5.91. The Morgan fingerprint density at radius 1 is 1.39 bits per heavy atom. The van der Waals surface area contributed by atoms with E-state index in [1.165, 1.54) is 0 Å². The molecule has 1 rings (SSSR count). The summed E-state index contributed by atoms with van der Waals surface area (Å²) in [6.45, 7) is 3.06. The molecule has 1 aromatic rings. The van der Waals surface area contributed by atoms with Gasteiger partial charge >= 0.3 is 5.97 Å². The summed E-state index contributed by atoms with van der Waals surface area (Å²) in [4.78, 5) is 12.0. The lowest BCUT2D eigenvalue weighted by Crippen LogP contribution is -2.21. The highest BCUT2D eigenvalue weighted by Gasteiger charge is 2.14. The predicted molar refractivity (Wildman–Crippen MR) is 70.8 cm³/mol. The largest absolute Gasteiger partial charge is 0.457 e. The van der Waals surface area contributed by atoms with Crippen LogP contribution in [0, 0.1) is 0 Å². The minimum atomic E-state index is -0.286. The lowest BCUT2D eigenvalue weighted by Gasteiger charge is -2.14. The zero-order valence-electron chi connectivity index (χ0n) is 11.2. The minimum absolute atomic E-state index is 0.236. The summed E-state index contributed by atoms with van der Waals surface area (Å²) in [5.74, 6) is -0.286. The molecule has 0 amide bonds. The molecule has 0 saturated heterocycles. The summed E-state index contributed by atoms with van der Waals surface area (Å²) in [6.07, 6.45) is 0.570. The Balaban J connectivity index is 2.71. The van der Waals surface area contributed by atoms with Gasteiger partial charge in [-0.05, 0) is 38.6 Å². The van der Waals surface area contributed by atoms with E-state index >= 15 is 0 Å². The third-order valence-electron chi connectivity index (χ3n) is 2.59. The number of ether oxygens (including phenoxy) is 2. The second-order valence-corrected chi connectivity index (χ2v) is 4.18. The van der Waals surface area contributed by atoms with Crippen molar-refractivity contribution in [1.82, 2.24) is 5.32 Å². The first-order valence-electron chi connectivity index (χ1n) is 6.11. The zero-order chi connectivity index (χ0) is 13.4. The van der Waals surface area contributed by atoms with Gasteiger partial charge in [0.1, 0.15) is 6.10 Å². The molecule has 0 aliphatic carbocycles. The second kappa shape index (κ2) is 7.84. The van der Waals surface area contributed by atoms with E-state index in [1.54, 1.807) is 13.2 Å². The smallest absolute Gasteiger partial charge is 0.338 e. The Bertz CT molecular complexity index is 379. The van der Waals surface area contributed by atoms with Crippen LogP contribution in [0.4, 0.5) is 0 Å². The molecular weight excluding hydrogens is 230 g/mol. The van der Waals surface area contributed by atoms with Crippen LogP contribution in [0.5, 0.6) is 0 Å². The van der Waals surface area contributed by atoms with Crippen molar-refractivity contribution in [2.75, 3.05) is 27.3 Å². The number of likely N-dealkylation sites (N-methyl/N-ethyl adjacent to an activating group) is 1. The molecule has 0 radical (unpaired) electrons. The first-order chi connectivity index (χ1) is 8.69.